The number of aryl methyl sites for hydroxylation is 1. The average molecular weight is 354 g/mol. The third-order valence-electron chi connectivity index (χ3n) is 4.83. The number of ether oxygens (including phenoxy) is 1. The van der Waals surface area contributed by atoms with Crippen LogP contribution in [0.4, 0.5) is 0 Å². The van der Waals surface area contributed by atoms with Gasteiger partial charge in [0.2, 0.25) is 0 Å². The van der Waals surface area contributed by atoms with Crippen molar-refractivity contribution in [3.63, 3.8) is 0 Å². The number of rotatable bonds is 5. The molecule has 1 aromatic heterocycles. The topological polar surface area (TPSA) is 22.4 Å². The van der Waals surface area contributed by atoms with Crippen molar-refractivity contribution in [2.45, 2.75) is 13.0 Å². The van der Waals surface area contributed by atoms with Crippen molar-refractivity contribution in [1.82, 2.24) is 0 Å². The zero-order valence-electron chi connectivity index (χ0n) is 15.6. The zero-order chi connectivity index (χ0) is 18.6. The van der Waals surface area contributed by atoms with Gasteiger partial charge in [-0.15, -0.1) is 0 Å². The summed E-state index contributed by atoms with van der Waals surface area (Å²) in [7, 11) is 1.75. The summed E-state index contributed by atoms with van der Waals surface area (Å²) in [5, 5.41) is 0. The number of benzene rings is 3. The number of hydrogen-bond donors (Lipinski definition) is 0. The summed E-state index contributed by atoms with van der Waals surface area (Å²) in [6.07, 6.45) is -0.192. The van der Waals surface area contributed by atoms with E-state index in [0.29, 0.717) is 0 Å². The molecule has 4 aromatic rings. The minimum absolute atomic E-state index is 0.192. The molecule has 1 atom stereocenters. The first-order valence-corrected chi connectivity index (χ1v) is 9.11. The van der Waals surface area contributed by atoms with E-state index in [1.165, 1.54) is 0 Å². The van der Waals surface area contributed by atoms with Crippen molar-refractivity contribution >= 4 is 0 Å². The van der Waals surface area contributed by atoms with Crippen LogP contribution in [0.15, 0.2) is 95.4 Å². The maximum Gasteiger partial charge on any atom is 0.142 e. The molecule has 27 heavy (non-hydrogen) atoms. The third-order valence-corrected chi connectivity index (χ3v) is 4.83. The highest BCUT2D eigenvalue weighted by molar-refractivity contribution is 5.84. The SMILES string of the molecule is COC(c1ccccc1)c1c(C)oc(-c2ccccc2)c1-c1ccccc1. The van der Waals surface area contributed by atoms with E-state index in [2.05, 4.69) is 48.5 Å². The predicted molar refractivity (Wildman–Crippen MR) is 110 cm³/mol. The van der Waals surface area contributed by atoms with E-state index < -0.39 is 0 Å². The molecule has 0 N–H and O–H groups in total. The molecule has 0 aliphatic rings. The molecule has 3 aromatic carbocycles. The van der Waals surface area contributed by atoms with Crippen molar-refractivity contribution in [2.24, 2.45) is 0 Å². The van der Waals surface area contributed by atoms with Gasteiger partial charge in [0.1, 0.15) is 17.6 Å². The molecule has 0 saturated heterocycles. The summed E-state index contributed by atoms with van der Waals surface area (Å²) in [6, 6.07) is 30.9. The lowest BCUT2D eigenvalue weighted by molar-refractivity contribution is 0.135. The molecule has 1 heterocycles. The van der Waals surface area contributed by atoms with Crippen LogP contribution in [-0.2, 0) is 4.74 Å². The van der Waals surface area contributed by atoms with Crippen LogP contribution >= 0.6 is 0 Å². The van der Waals surface area contributed by atoms with Gasteiger partial charge < -0.3 is 9.15 Å². The second-order valence-corrected chi connectivity index (χ2v) is 6.53. The van der Waals surface area contributed by atoms with Crippen LogP contribution in [-0.4, -0.2) is 7.11 Å². The fourth-order valence-electron chi connectivity index (χ4n) is 3.61. The molecule has 0 saturated carbocycles. The van der Waals surface area contributed by atoms with Crippen LogP contribution in [0.1, 0.15) is 23.0 Å². The molecule has 2 nitrogen and oxygen atoms in total. The van der Waals surface area contributed by atoms with Gasteiger partial charge in [-0.25, -0.2) is 0 Å². The maximum atomic E-state index is 6.31. The highest BCUT2D eigenvalue weighted by Crippen LogP contribution is 2.44. The summed E-state index contributed by atoms with van der Waals surface area (Å²) < 4.78 is 12.3. The molecule has 134 valence electrons. The van der Waals surface area contributed by atoms with Crippen LogP contribution in [0.5, 0.6) is 0 Å². The minimum atomic E-state index is -0.192. The second-order valence-electron chi connectivity index (χ2n) is 6.53. The van der Waals surface area contributed by atoms with Gasteiger partial charge in [0.05, 0.1) is 0 Å². The van der Waals surface area contributed by atoms with E-state index in [0.717, 1.165) is 39.3 Å². The summed E-state index contributed by atoms with van der Waals surface area (Å²) in [5.74, 6) is 1.76. The van der Waals surface area contributed by atoms with Crippen molar-refractivity contribution in [3.05, 3.63) is 108 Å². The number of hydrogen-bond acceptors (Lipinski definition) is 2. The maximum absolute atomic E-state index is 6.31. The minimum Gasteiger partial charge on any atom is -0.460 e. The first-order chi connectivity index (χ1) is 13.3. The highest BCUT2D eigenvalue weighted by Gasteiger charge is 2.27. The van der Waals surface area contributed by atoms with Crippen molar-refractivity contribution in [3.8, 4) is 22.5 Å². The normalized spacial score (nSPS) is 12.1. The highest BCUT2D eigenvalue weighted by atomic mass is 16.5. The molecular weight excluding hydrogens is 332 g/mol. The van der Waals surface area contributed by atoms with Crippen LogP contribution in [0.2, 0.25) is 0 Å². The molecule has 1 unspecified atom stereocenters. The Labute approximate surface area is 160 Å². The van der Waals surface area contributed by atoms with E-state index in [1.54, 1.807) is 7.11 Å². The standard InChI is InChI=1S/C25H22O2/c1-18-22(24(26-2)20-14-8-4-9-15-20)23(19-12-6-3-7-13-19)25(27-18)21-16-10-5-11-17-21/h3-17,24H,1-2H3. The molecule has 0 radical (unpaired) electrons. The molecule has 0 spiro atoms. The van der Waals surface area contributed by atoms with E-state index in [9.17, 15) is 0 Å². The van der Waals surface area contributed by atoms with Crippen molar-refractivity contribution in [2.75, 3.05) is 7.11 Å². The van der Waals surface area contributed by atoms with Gasteiger partial charge in [-0.3, -0.25) is 0 Å². The van der Waals surface area contributed by atoms with Gasteiger partial charge in [0.25, 0.3) is 0 Å². The van der Waals surface area contributed by atoms with E-state index in [4.69, 9.17) is 9.15 Å². The Morgan fingerprint density at radius 3 is 1.78 bits per heavy atom. The first-order valence-electron chi connectivity index (χ1n) is 9.11. The molecule has 0 fully saturated rings. The van der Waals surface area contributed by atoms with Gasteiger partial charge in [-0.1, -0.05) is 91.0 Å². The predicted octanol–water partition coefficient (Wildman–Crippen LogP) is 6.66. The zero-order valence-corrected chi connectivity index (χ0v) is 15.6. The third kappa shape index (κ3) is 3.32. The molecule has 0 aliphatic heterocycles. The van der Waals surface area contributed by atoms with E-state index in [1.807, 2.05) is 49.4 Å². The average Bonchev–Trinajstić information content (AvgIpc) is 3.08. The first kappa shape index (κ1) is 17.3. The van der Waals surface area contributed by atoms with Gasteiger partial charge in [-0.2, -0.15) is 0 Å². The summed E-state index contributed by atoms with van der Waals surface area (Å²) in [6.45, 7) is 2.02. The van der Waals surface area contributed by atoms with Crippen LogP contribution in [0, 0.1) is 6.92 Å². The van der Waals surface area contributed by atoms with Crippen LogP contribution < -0.4 is 0 Å². The Morgan fingerprint density at radius 2 is 1.22 bits per heavy atom. The Bertz CT molecular complexity index is 1000. The molecular formula is C25H22O2. The fourth-order valence-corrected chi connectivity index (χ4v) is 3.61. The largest absolute Gasteiger partial charge is 0.460 e. The van der Waals surface area contributed by atoms with E-state index in [-0.39, 0.29) is 6.10 Å². The lowest BCUT2D eigenvalue weighted by Gasteiger charge is -2.18. The lowest BCUT2D eigenvalue weighted by atomic mass is 9.91. The molecule has 0 amide bonds. The van der Waals surface area contributed by atoms with Gasteiger partial charge >= 0.3 is 0 Å². The van der Waals surface area contributed by atoms with Gasteiger partial charge in [0, 0.05) is 23.8 Å². The number of furan rings is 1. The summed E-state index contributed by atoms with van der Waals surface area (Å²) >= 11 is 0. The number of methoxy groups -OCH3 is 1. The summed E-state index contributed by atoms with van der Waals surface area (Å²) in [4.78, 5) is 0. The molecule has 0 aliphatic carbocycles. The van der Waals surface area contributed by atoms with Crippen LogP contribution in [0.25, 0.3) is 22.5 Å². The van der Waals surface area contributed by atoms with Crippen LogP contribution in [0.3, 0.4) is 0 Å². The molecule has 4 rings (SSSR count). The molecule has 0 bridgehead atoms. The fraction of sp³-hybridized carbons (Fsp3) is 0.120. The van der Waals surface area contributed by atoms with Crippen molar-refractivity contribution in [1.29, 1.82) is 0 Å². The Kier molecular flexibility index (Phi) is 4.91. The van der Waals surface area contributed by atoms with Gasteiger partial charge in [-0.05, 0) is 18.1 Å². The molecule has 2 heteroatoms. The monoisotopic (exact) mass is 354 g/mol. The summed E-state index contributed by atoms with van der Waals surface area (Å²) in [5.41, 5.74) is 5.47. The van der Waals surface area contributed by atoms with E-state index >= 15 is 0 Å². The quantitative estimate of drug-likeness (QED) is 0.400. The lowest BCUT2D eigenvalue weighted by Crippen LogP contribution is -2.05. The second kappa shape index (κ2) is 7.65. The van der Waals surface area contributed by atoms with Crippen molar-refractivity contribution < 1.29 is 9.15 Å². The Morgan fingerprint density at radius 1 is 0.704 bits per heavy atom. The van der Waals surface area contributed by atoms with Gasteiger partial charge in [0.15, 0.2) is 0 Å². The Hall–Kier alpha value is -3.10. The smallest absolute Gasteiger partial charge is 0.142 e. The Balaban J connectivity index is 1.98.